The van der Waals surface area contributed by atoms with E-state index >= 15 is 0 Å². The Balaban J connectivity index is 1.71. The van der Waals surface area contributed by atoms with Gasteiger partial charge in [0.05, 0.1) is 15.9 Å². The lowest BCUT2D eigenvalue weighted by atomic mass is 9.98. The fraction of sp³-hybridized carbons (Fsp3) is 0.200. The molecule has 4 rings (SSSR count). The van der Waals surface area contributed by atoms with E-state index in [1.165, 1.54) is 16.3 Å². The van der Waals surface area contributed by atoms with Crippen LogP contribution in [-0.2, 0) is 4.79 Å². The van der Waals surface area contributed by atoms with Crippen molar-refractivity contribution >= 4 is 44.5 Å². The molecule has 1 N–H and O–H groups in total. The Hall–Kier alpha value is -2.90. The molecule has 1 atom stereocenters. The number of nitrogens with zero attached hydrogens (tertiary/aromatic N) is 4. The molecule has 0 fully saturated rings. The third-order valence-corrected chi connectivity index (χ3v) is 5.22. The first kappa shape index (κ1) is 17.5. The number of anilines is 1. The van der Waals surface area contributed by atoms with Gasteiger partial charge in [-0.05, 0) is 24.1 Å². The van der Waals surface area contributed by atoms with Crippen molar-refractivity contribution in [1.29, 1.82) is 0 Å². The fourth-order valence-electron chi connectivity index (χ4n) is 2.88. The molecule has 2 aromatic carbocycles. The minimum absolute atomic E-state index is 0.0768. The van der Waals surface area contributed by atoms with Crippen molar-refractivity contribution in [3.05, 3.63) is 60.2 Å². The molecule has 0 radical (unpaired) electrons. The van der Waals surface area contributed by atoms with E-state index in [1.807, 2.05) is 54.6 Å². The Morgan fingerprint density at radius 1 is 1.15 bits per heavy atom. The highest BCUT2D eigenvalue weighted by molar-refractivity contribution is 7.22. The van der Waals surface area contributed by atoms with Crippen LogP contribution >= 0.6 is 11.3 Å². The van der Waals surface area contributed by atoms with Crippen LogP contribution in [0.1, 0.15) is 12.0 Å². The predicted molar refractivity (Wildman–Crippen MR) is 109 cm³/mol. The van der Waals surface area contributed by atoms with Crippen LogP contribution in [0.5, 0.6) is 0 Å². The summed E-state index contributed by atoms with van der Waals surface area (Å²) in [6, 6.07) is 17.4. The van der Waals surface area contributed by atoms with Crippen molar-refractivity contribution in [2.24, 2.45) is 16.0 Å². The van der Waals surface area contributed by atoms with Crippen LogP contribution < -0.4 is 5.01 Å². The zero-order chi connectivity index (χ0) is 18.6. The first-order valence-corrected chi connectivity index (χ1v) is 9.54. The number of aliphatic imine (C=N–C) groups is 1. The average Bonchev–Trinajstić information content (AvgIpc) is 3.27. The minimum Gasteiger partial charge on any atom is -0.396 e. The second-order valence-electron chi connectivity index (χ2n) is 6.08. The van der Waals surface area contributed by atoms with Crippen molar-refractivity contribution in [2.75, 3.05) is 18.2 Å². The van der Waals surface area contributed by atoms with Crippen LogP contribution in [0.2, 0.25) is 0 Å². The van der Waals surface area contributed by atoms with Crippen LogP contribution in [0, 0.1) is 5.92 Å². The van der Waals surface area contributed by atoms with E-state index in [1.54, 1.807) is 6.21 Å². The first-order valence-electron chi connectivity index (χ1n) is 8.72. The number of aromatic nitrogens is 1. The van der Waals surface area contributed by atoms with Crippen molar-refractivity contribution in [3.63, 3.8) is 0 Å². The lowest BCUT2D eigenvalue weighted by molar-refractivity contribution is -0.118. The van der Waals surface area contributed by atoms with Gasteiger partial charge in [-0.3, -0.25) is 9.79 Å². The lowest BCUT2D eigenvalue weighted by Gasteiger charge is -2.08. The molecule has 2 heterocycles. The highest BCUT2D eigenvalue weighted by atomic mass is 32.1. The lowest BCUT2D eigenvalue weighted by Crippen LogP contribution is -2.28. The molecule has 0 aliphatic carbocycles. The SMILES string of the molecule is O=C1[C@H](C=NCCCO)C(c2ccccc2)=NN1c1nc2ccccc2s1. The average molecular weight is 378 g/mol. The van der Waals surface area contributed by atoms with E-state index in [4.69, 9.17) is 5.11 Å². The quantitative estimate of drug-likeness (QED) is 0.529. The second kappa shape index (κ2) is 7.77. The van der Waals surface area contributed by atoms with Gasteiger partial charge in [-0.2, -0.15) is 10.1 Å². The normalized spacial score (nSPS) is 17.2. The predicted octanol–water partition coefficient (Wildman–Crippen LogP) is 3.12. The molecule has 1 aliphatic heterocycles. The second-order valence-corrected chi connectivity index (χ2v) is 7.08. The number of carbonyl (C=O) groups excluding carboxylic acids is 1. The Morgan fingerprint density at radius 2 is 1.93 bits per heavy atom. The van der Waals surface area contributed by atoms with E-state index in [9.17, 15) is 4.79 Å². The number of carbonyl (C=O) groups is 1. The summed E-state index contributed by atoms with van der Waals surface area (Å²) in [7, 11) is 0. The molecule has 27 heavy (non-hydrogen) atoms. The summed E-state index contributed by atoms with van der Waals surface area (Å²) in [6.45, 7) is 0.552. The highest BCUT2D eigenvalue weighted by Gasteiger charge is 2.37. The van der Waals surface area contributed by atoms with Gasteiger partial charge in [-0.25, -0.2) is 4.98 Å². The molecular formula is C20H18N4O2S. The maximum atomic E-state index is 13.1. The summed E-state index contributed by atoms with van der Waals surface area (Å²) in [5.74, 6) is -0.723. The number of hydrogen-bond donors (Lipinski definition) is 1. The maximum Gasteiger partial charge on any atom is 0.264 e. The monoisotopic (exact) mass is 378 g/mol. The number of aliphatic hydroxyl groups is 1. The number of thiazole rings is 1. The summed E-state index contributed by atoms with van der Waals surface area (Å²) in [5.41, 5.74) is 2.39. The highest BCUT2D eigenvalue weighted by Crippen LogP contribution is 2.32. The molecule has 0 unspecified atom stereocenters. The molecule has 136 valence electrons. The van der Waals surface area contributed by atoms with Gasteiger partial charge >= 0.3 is 0 Å². The van der Waals surface area contributed by atoms with Gasteiger partial charge in [0.25, 0.3) is 5.91 Å². The van der Waals surface area contributed by atoms with Crippen LogP contribution in [0.15, 0.2) is 64.7 Å². The van der Waals surface area contributed by atoms with Gasteiger partial charge in [-0.15, -0.1) is 0 Å². The van der Waals surface area contributed by atoms with Gasteiger partial charge in [0.1, 0.15) is 5.92 Å². The van der Waals surface area contributed by atoms with E-state index in [-0.39, 0.29) is 12.5 Å². The number of benzene rings is 2. The molecule has 0 saturated heterocycles. The maximum absolute atomic E-state index is 13.1. The smallest absolute Gasteiger partial charge is 0.264 e. The summed E-state index contributed by atoms with van der Waals surface area (Å²) >= 11 is 1.44. The standard InChI is InChI=1S/C20H18N4O2S/c25-12-6-11-21-13-15-18(14-7-2-1-3-8-14)23-24(19(15)26)20-22-16-9-4-5-10-17(16)27-20/h1-5,7-10,13,15,25H,6,11-12H2/t15-/m1/s1. The van der Waals surface area contributed by atoms with Gasteiger partial charge in [0.2, 0.25) is 5.13 Å². The molecule has 0 saturated carbocycles. The van der Waals surface area contributed by atoms with Crippen molar-refractivity contribution in [2.45, 2.75) is 6.42 Å². The molecule has 1 aromatic heterocycles. The van der Waals surface area contributed by atoms with Crippen molar-refractivity contribution in [1.82, 2.24) is 4.98 Å². The summed E-state index contributed by atoms with van der Waals surface area (Å²) in [6.07, 6.45) is 2.20. The van der Waals surface area contributed by atoms with Gasteiger partial charge in [0, 0.05) is 19.4 Å². The number of para-hydroxylation sites is 1. The van der Waals surface area contributed by atoms with Crippen LogP contribution in [0.4, 0.5) is 5.13 Å². The van der Waals surface area contributed by atoms with Gasteiger partial charge < -0.3 is 5.11 Å². The molecule has 1 amide bonds. The minimum atomic E-state index is -0.557. The summed E-state index contributed by atoms with van der Waals surface area (Å²) in [4.78, 5) is 21.9. The van der Waals surface area contributed by atoms with Crippen LogP contribution in [0.25, 0.3) is 10.2 Å². The fourth-order valence-corrected chi connectivity index (χ4v) is 3.80. The summed E-state index contributed by atoms with van der Waals surface area (Å²) in [5, 5.41) is 15.5. The molecule has 7 heteroatoms. The number of rotatable bonds is 6. The Labute approximate surface area is 160 Å². The number of hydrazone groups is 1. The Bertz CT molecular complexity index is 980. The molecule has 6 nitrogen and oxygen atoms in total. The molecule has 0 spiro atoms. The third-order valence-electron chi connectivity index (χ3n) is 4.21. The Morgan fingerprint density at radius 3 is 2.70 bits per heavy atom. The topological polar surface area (TPSA) is 78.1 Å². The molecule has 1 aliphatic rings. The largest absolute Gasteiger partial charge is 0.396 e. The zero-order valence-corrected chi connectivity index (χ0v) is 15.3. The van der Waals surface area contributed by atoms with E-state index in [0.29, 0.717) is 23.8 Å². The van der Waals surface area contributed by atoms with E-state index < -0.39 is 5.92 Å². The zero-order valence-electron chi connectivity index (χ0n) is 14.5. The molecular weight excluding hydrogens is 360 g/mol. The van der Waals surface area contributed by atoms with Gasteiger partial charge in [-0.1, -0.05) is 53.8 Å². The number of amides is 1. The number of fused-ring (bicyclic) bond motifs is 1. The number of hydrogen-bond acceptors (Lipinski definition) is 6. The molecule has 0 bridgehead atoms. The van der Waals surface area contributed by atoms with Gasteiger partial charge in [0.15, 0.2) is 0 Å². The molecule has 3 aromatic rings. The van der Waals surface area contributed by atoms with Crippen LogP contribution in [-0.4, -0.2) is 41.1 Å². The van der Waals surface area contributed by atoms with Crippen molar-refractivity contribution in [3.8, 4) is 0 Å². The number of aliphatic hydroxyl groups excluding tert-OH is 1. The van der Waals surface area contributed by atoms with Crippen molar-refractivity contribution < 1.29 is 9.90 Å². The Kier molecular flexibility index (Phi) is 5.04. The van der Waals surface area contributed by atoms with Crippen LogP contribution in [0.3, 0.4) is 0 Å². The third kappa shape index (κ3) is 3.51. The van der Waals surface area contributed by atoms with E-state index in [2.05, 4.69) is 15.1 Å². The first-order chi connectivity index (χ1) is 13.3. The summed E-state index contributed by atoms with van der Waals surface area (Å²) < 4.78 is 1.01. The van der Waals surface area contributed by atoms with E-state index in [0.717, 1.165) is 15.8 Å².